The smallest absolute Gasteiger partial charge is 0.254 e. The Morgan fingerprint density at radius 1 is 0.841 bits per heavy atom. The number of unbranched alkanes of at least 4 members (excludes halogenated alkanes) is 1. The van der Waals surface area contributed by atoms with Gasteiger partial charge in [0.2, 0.25) is 0 Å². The fraction of sp³-hybridized carbons (Fsp3) is 0.303. The van der Waals surface area contributed by atoms with Crippen molar-refractivity contribution in [1.82, 2.24) is 4.57 Å². The first-order chi connectivity index (χ1) is 21.0. The van der Waals surface area contributed by atoms with Crippen LogP contribution in [0.5, 0.6) is 28.7 Å². The van der Waals surface area contributed by atoms with Crippen LogP contribution in [0.1, 0.15) is 29.5 Å². The number of aliphatic hydroxyl groups is 1. The Balaban J connectivity index is 1.81. The highest BCUT2D eigenvalue weighted by atomic mass is 35.5. The van der Waals surface area contributed by atoms with E-state index in [0.29, 0.717) is 57.6 Å². The summed E-state index contributed by atoms with van der Waals surface area (Å²) in [6.45, 7) is 0.166. The van der Waals surface area contributed by atoms with Gasteiger partial charge < -0.3 is 28.6 Å². The summed E-state index contributed by atoms with van der Waals surface area (Å²) in [4.78, 5) is 12.8. The molecule has 3 aromatic carbocycles. The van der Waals surface area contributed by atoms with Gasteiger partial charge in [0, 0.05) is 60.0 Å². The maximum absolute atomic E-state index is 12.8. The lowest BCUT2D eigenvalue weighted by Gasteiger charge is -2.19. The average molecular weight is 642 g/mol. The second-order valence-electron chi connectivity index (χ2n) is 10.4. The molecule has 4 rings (SSSR count). The summed E-state index contributed by atoms with van der Waals surface area (Å²) in [5, 5.41) is 9.82. The van der Waals surface area contributed by atoms with E-state index in [1.807, 2.05) is 12.1 Å². The van der Waals surface area contributed by atoms with Gasteiger partial charge in [-0.15, -0.1) is 0 Å². The summed E-state index contributed by atoms with van der Waals surface area (Å²) < 4.78 is 49.3. The maximum Gasteiger partial charge on any atom is 0.254 e. The molecular formula is C33H36ClNO8S. The molecule has 1 aromatic heterocycles. The van der Waals surface area contributed by atoms with E-state index in [4.69, 9.17) is 30.5 Å². The molecule has 0 atom stereocenters. The van der Waals surface area contributed by atoms with Gasteiger partial charge in [-0.2, -0.15) is 0 Å². The van der Waals surface area contributed by atoms with Gasteiger partial charge in [0.15, 0.2) is 9.84 Å². The number of nitrogens with zero attached hydrogens (tertiary/aromatic N) is 1. The first-order valence-electron chi connectivity index (χ1n) is 13.9. The summed E-state index contributed by atoms with van der Waals surface area (Å²) >= 11 is 6.29. The van der Waals surface area contributed by atoms with Gasteiger partial charge >= 0.3 is 0 Å². The topological polar surface area (TPSA) is 113 Å². The Bertz CT molecular complexity index is 1790. The van der Waals surface area contributed by atoms with Crippen molar-refractivity contribution in [2.75, 3.05) is 27.1 Å². The Hall–Kier alpha value is -3.99. The van der Waals surface area contributed by atoms with Gasteiger partial charge in [-0.1, -0.05) is 17.7 Å². The normalized spacial score (nSPS) is 11.3. The van der Waals surface area contributed by atoms with Crippen molar-refractivity contribution in [1.29, 1.82) is 0 Å². The van der Waals surface area contributed by atoms with E-state index in [1.54, 1.807) is 69.9 Å². The van der Waals surface area contributed by atoms with Crippen LogP contribution < -0.4 is 24.5 Å². The molecule has 1 heterocycles. The van der Waals surface area contributed by atoms with E-state index in [2.05, 4.69) is 0 Å². The molecule has 0 aliphatic heterocycles. The van der Waals surface area contributed by atoms with E-state index in [9.17, 15) is 18.3 Å². The zero-order chi connectivity index (χ0) is 31.9. The van der Waals surface area contributed by atoms with Crippen LogP contribution in [0.2, 0.25) is 5.02 Å². The number of pyridine rings is 1. The maximum atomic E-state index is 12.8. The van der Waals surface area contributed by atoms with Gasteiger partial charge in [0.25, 0.3) is 5.56 Å². The molecule has 0 saturated carbocycles. The number of rotatable bonds is 14. The van der Waals surface area contributed by atoms with Crippen molar-refractivity contribution >= 4 is 21.4 Å². The number of benzene rings is 3. The van der Waals surface area contributed by atoms with Crippen LogP contribution in [0.25, 0.3) is 11.1 Å². The van der Waals surface area contributed by atoms with E-state index in [1.165, 1.54) is 16.9 Å². The fourth-order valence-electron chi connectivity index (χ4n) is 4.72. The summed E-state index contributed by atoms with van der Waals surface area (Å²) in [6.07, 6.45) is 4.82. The summed E-state index contributed by atoms with van der Waals surface area (Å²) in [5.41, 5.74) is 2.92. The summed E-state index contributed by atoms with van der Waals surface area (Å²) in [6, 6.07) is 17.2. The molecule has 0 amide bonds. The Morgan fingerprint density at radius 3 is 2.32 bits per heavy atom. The minimum Gasteiger partial charge on any atom is -0.497 e. The molecule has 0 aliphatic rings. The molecule has 0 bridgehead atoms. The molecule has 0 fully saturated rings. The molecule has 0 saturated heterocycles. The molecule has 44 heavy (non-hydrogen) atoms. The van der Waals surface area contributed by atoms with Crippen LogP contribution in [0.4, 0.5) is 0 Å². The van der Waals surface area contributed by atoms with Gasteiger partial charge in [-0.05, 0) is 72.9 Å². The van der Waals surface area contributed by atoms with E-state index < -0.39 is 9.84 Å². The van der Waals surface area contributed by atoms with Crippen molar-refractivity contribution in [3.8, 4) is 39.9 Å². The SMILES string of the molecule is COc1ccc(COc2cc(=O)n(C)cc2-c2cc(CS(C)(=O)=O)ccc2Oc2ccc(Cl)cc2CCCCO)c(OC)c1. The monoisotopic (exact) mass is 641 g/mol. The zero-order valence-corrected chi connectivity index (χ0v) is 26.7. The largest absolute Gasteiger partial charge is 0.497 e. The molecular weight excluding hydrogens is 606 g/mol. The van der Waals surface area contributed by atoms with Gasteiger partial charge in [-0.25, -0.2) is 8.42 Å². The molecule has 0 spiro atoms. The number of aliphatic hydroxyl groups excluding tert-OH is 1. The van der Waals surface area contributed by atoms with Crippen molar-refractivity contribution in [2.24, 2.45) is 7.05 Å². The van der Waals surface area contributed by atoms with Crippen LogP contribution in [0.15, 0.2) is 71.7 Å². The number of hydrogen-bond acceptors (Lipinski definition) is 8. The van der Waals surface area contributed by atoms with E-state index in [0.717, 1.165) is 17.5 Å². The first kappa shape index (κ1) is 32.9. The third-order valence-corrected chi connectivity index (χ3v) is 8.02. The average Bonchev–Trinajstić information content (AvgIpc) is 2.98. The lowest BCUT2D eigenvalue weighted by atomic mass is 10.0. The quantitative estimate of drug-likeness (QED) is 0.168. The third kappa shape index (κ3) is 8.56. The van der Waals surface area contributed by atoms with Gasteiger partial charge in [0.05, 0.1) is 20.0 Å². The predicted molar refractivity (Wildman–Crippen MR) is 171 cm³/mol. The lowest BCUT2D eigenvalue weighted by molar-refractivity contribution is 0.284. The Labute approximate surface area is 262 Å². The predicted octanol–water partition coefficient (Wildman–Crippen LogP) is 5.95. The Morgan fingerprint density at radius 2 is 1.61 bits per heavy atom. The second kappa shape index (κ2) is 14.7. The fourth-order valence-corrected chi connectivity index (χ4v) is 5.70. The first-order valence-corrected chi connectivity index (χ1v) is 16.4. The number of aryl methyl sites for hydroxylation is 2. The highest BCUT2D eigenvalue weighted by molar-refractivity contribution is 7.89. The molecule has 0 radical (unpaired) electrons. The zero-order valence-electron chi connectivity index (χ0n) is 25.1. The molecule has 9 nitrogen and oxygen atoms in total. The number of ether oxygens (including phenoxy) is 4. The van der Waals surface area contributed by atoms with Crippen LogP contribution in [-0.4, -0.2) is 45.2 Å². The standard InChI is InChI=1S/C33H36ClNO8S/c1-35-19-28(32(18-33(35)37)42-20-24-9-11-26(40-2)17-31(24)41-3)27-15-22(21-44(4,38)39)8-12-30(27)43-29-13-10-25(34)16-23(29)7-5-6-14-36/h8-13,15-19,36H,5-7,14,20-21H2,1-4H3. The van der Waals surface area contributed by atoms with Crippen LogP contribution in [0, 0.1) is 0 Å². The number of hydrogen-bond donors (Lipinski definition) is 1. The number of halogens is 1. The van der Waals surface area contributed by atoms with E-state index >= 15 is 0 Å². The van der Waals surface area contributed by atoms with E-state index in [-0.39, 0.29) is 30.3 Å². The van der Waals surface area contributed by atoms with Crippen LogP contribution in [-0.2, 0) is 35.7 Å². The van der Waals surface area contributed by atoms with Crippen LogP contribution >= 0.6 is 11.6 Å². The van der Waals surface area contributed by atoms with Gasteiger partial charge in [-0.3, -0.25) is 4.79 Å². The minimum absolute atomic E-state index is 0.0821. The molecule has 234 valence electrons. The number of methoxy groups -OCH3 is 2. The third-order valence-electron chi connectivity index (χ3n) is 6.93. The number of sulfone groups is 1. The summed E-state index contributed by atoms with van der Waals surface area (Å²) in [5.74, 6) is 2.29. The van der Waals surface area contributed by atoms with Crippen molar-refractivity contribution in [3.05, 3.63) is 98.9 Å². The van der Waals surface area contributed by atoms with Crippen molar-refractivity contribution in [3.63, 3.8) is 0 Å². The van der Waals surface area contributed by atoms with Crippen LogP contribution in [0.3, 0.4) is 0 Å². The molecule has 4 aromatic rings. The summed E-state index contributed by atoms with van der Waals surface area (Å²) in [7, 11) is 1.40. The highest BCUT2D eigenvalue weighted by Crippen LogP contribution is 2.40. The molecule has 0 unspecified atom stereocenters. The number of aromatic nitrogens is 1. The molecule has 1 N–H and O–H groups in total. The molecule has 11 heteroatoms. The minimum atomic E-state index is -3.34. The van der Waals surface area contributed by atoms with Gasteiger partial charge in [0.1, 0.15) is 35.4 Å². The highest BCUT2D eigenvalue weighted by Gasteiger charge is 2.19. The lowest BCUT2D eigenvalue weighted by Crippen LogP contribution is -2.16. The van der Waals surface area contributed by atoms with Crippen molar-refractivity contribution < 1.29 is 32.5 Å². The molecule has 0 aliphatic carbocycles. The second-order valence-corrected chi connectivity index (χ2v) is 13.0. The Kier molecular flexibility index (Phi) is 11.0. The van der Waals surface area contributed by atoms with Crippen molar-refractivity contribution in [2.45, 2.75) is 31.6 Å².